The molecule has 2 rings (SSSR count). The summed E-state index contributed by atoms with van der Waals surface area (Å²) in [4.78, 5) is 2.66. The van der Waals surface area contributed by atoms with Crippen molar-refractivity contribution in [2.45, 2.75) is 51.7 Å². The molecule has 1 saturated heterocycles. The molecule has 0 N–H and O–H groups in total. The zero-order valence-electron chi connectivity index (χ0n) is 10.6. The number of thiol groups is 1. The Morgan fingerprint density at radius 3 is 2.69 bits per heavy atom. The largest absolute Gasteiger partial charge is 0.376 e. The van der Waals surface area contributed by atoms with Gasteiger partial charge in [0.1, 0.15) is 0 Å². The lowest BCUT2D eigenvalue weighted by Crippen LogP contribution is -2.54. The highest BCUT2D eigenvalue weighted by molar-refractivity contribution is 7.80. The average Bonchev–Trinajstić information content (AvgIpc) is 2.24. The Kier molecular flexibility index (Phi) is 4.20. The van der Waals surface area contributed by atoms with E-state index in [0.717, 1.165) is 18.9 Å². The molecule has 0 amide bonds. The van der Waals surface area contributed by atoms with Crippen molar-refractivity contribution in [3.05, 3.63) is 0 Å². The first-order valence-electron chi connectivity index (χ1n) is 6.65. The highest BCUT2D eigenvalue weighted by Gasteiger charge is 2.39. The third kappa shape index (κ3) is 2.57. The molecule has 16 heavy (non-hydrogen) atoms. The van der Waals surface area contributed by atoms with E-state index in [2.05, 4.69) is 31.4 Å². The number of ether oxygens (including phenoxy) is 1. The lowest BCUT2D eigenvalue weighted by molar-refractivity contribution is -0.0752. The van der Waals surface area contributed by atoms with Crippen LogP contribution in [0.5, 0.6) is 0 Å². The Morgan fingerprint density at radius 2 is 2.19 bits per heavy atom. The van der Waals surface area contributed by atoms with Gasteiger partial charge in [0, 0.05) is 19.1 Å². The summed E-state index contributed by atoms with van der Waals surface area (Å²) in [6.45, 7) is 7.72. The van der Waals surface area contributed by atoms with Gasteiger partial charge in [-0.3, -0.25) is 4.90 Å². The molecule has 2 fully saturated rings. The predicted octanol–water partition coefficient (Wildman–Crippen LogP) is 2.59. The SMILES string of the molecule is CCC1COC(C)CN1CC1(CS)CCC1. The maximum atomic E-state index is 5.75. The van der Waals surface area contributed by atoms with Crippen LogP contribution >= 0.6 is 12.6 Å². The molecule has 2 nitrogen and oxygen atoms in total. The molecule has 1 aliphatic carbocycles. The summed E-state index contributed by atoms with van der Waals surface area (Å²) in [5.41, 5.74) is 0.521. The molecular weight excluding hydrogens is 218 g/mol. The average molecular weight is 243 g/mol. The van der Waals surface area contributed by atoms with Crippen molar-refractivity contribution >= 4 is 12.6 Å². The zero-order valence-corrected chi connectivity index (χ0v) is 11.5. The first-order valence-corrected chi connectivity index (χ1v) is 7.29. The molecule has 1 heterocycles. The summed E-state index contributed by atoms with van der Waals surface area (Å²) in [6, 6.07) is 0.633. The number of rotatable bonds is 4. The fraction of sp³-hybridized carbons (Fsp3) is 1.00. The van der Waals surface area contributed by atoms with E-state index in [9.17, 15) is 0 Å². The minimum atomic E-state index is 0.403. The summed E-state index contributed by atoms with van der Waals surface area (Å²) in [5.74, 6) is 1.05. The van der Waals surface area contributed by atoms with E-state index in [-0.39, 0.29) is 0 Å². The van der Waals surface area contributed by atoms with Gasteiger partial charge >= 0.3 is 0 Å². The van der Waals surface area contributed by atoms with Gasteiger partial charge in [0.05, 0.1) is 12.7 Å². The van der Waals surface area contributed by atoms with Gasteiger partial charge in [-0.05, 0) is 37.4 Å². The highest BCUT2D eigenvalue weighted by atomic mass is 32.1. The molecular formula is C13H25NOS. The molecule has 0 aromatic carbocycles. The summed E-state index contributed by atoms with van der Waals surface area (Å²) in [5, 5.41) is 0. The van der Waals surface area contributed by atoms with E-state index in [1.165, 1.54) is 32.2 Å². The third-order valence-electron chi connectivity index (χ3n) is 4.34. The first kappa shape index (κ1) is 12.7. The van der Waals surface area contributed by atoms with Gasteiger partial charge in [0.15, 0.2) is 0 Å². The van der Waals surface area contributed by atoms with Crippen LogP contribution in [0.1, 0.15) is 39.5 Å². The van der Waals surface area contributed by atoms with E-state index in [1.54, 1.807) is 0 Å². The first-order chi connectivity index (χ1) is 7.69. The predicted molar refractivity (Wildman–Crippen MR) is 71.2 cm³/mol. The van der Waals surface area contributed by atoms with Crippen molar-refractivity contribution < 1.29 is 4.74 Å². The molecule has 1 aliphatic heterocycles. The monoisotopic (exact) mass is 243 g/mol. The third-order valence-corrected chi connectivity index (χ3v) is 5.01. The molecule has 3 heteroatoms. The van der Waals surface area contributed by atoms with E-state index in [0.29, 0.717) is 17.6 Å². The van der Waals surface area contributed by atoms with Gasteiger partial charge in [-0.15, -0.1) is 0 Å². The van der Waals surface area contributed by atoms with Crippen LogP contribution in [0.4, 0.5) is 0 Å². The van der Waals surface area contributed by atoms with Crippen LogP contribution in [0.15, 0.2) is 0 Å². The van der Waals surface area contributed by atoms with E-state index < -0.39 is 0 Å². The molecule has 2 aliphatic rings. The van der Waals surface area contributed by atoms with Gasteiger partial charge in [0.2, 0.25) is 0 Å². The smallest absolute Gasteiger partial charge is 0.0674 e. The second kappa shape index (κ2) is 5.28. The molecule has 0 radical (unpaired) electrons. The van der Waals surface area contributed by atoms with Crippen LogP contribution in [0.3, 0.4) is 0 Å². The Labute approximate surface area is 105 Å². The lowest BCUT2D eigenvalue weighted by Gasteiger charge is -2.48. The van der Waals surface area contributed by atoms with Gasteiger partial charge < -0.3 is 4.74 Å². The Bertz CT molecular complexity index is 224. The normalized spacial score (nSPS) is 34.7. The topological polar surface area (TPSA) is 12.5 Å². The highest BCUT2D eigenvalue weighted by Crippen LogP contribution is 2.43. The fourth-order valence-electron chi connectivity index (χ4n) is 2.96. The van der Waals surface area contributed by atoms with E-state index in [4.69, 9.17) is 4.74 Å². The van der Waals surface area contributed by atoms with Crippen molar-refractivity contribution in [1.29, 1.82) is 0 Å². The minimum Gasteiger partial charge on any atom is -0.376 e. The summed E-state index contributed by atoms with van der Waals surface area (Å²) >= 11 is 4.56. The summed E-state index contributed by atoms with van der Waals surface area (Å²) in [7, 11) is 0. The van der Waals surface area contributed by atoms with Crippen LogP contribution in [0.2, 0.25) is 0 Å². The van der Waals surface area contributed by atoms with Gasteiger partial charge in [-0.1, -0.05) is 13.3 Å². The fourth-order valence-corrected chi connectivity index (χ4v) is 3.37. The van der Waals surface area contributed by atoms with Crippen LogP contribution in [-0.2, 0) is 4.74 Å². The van der Waals surface area contributed by atoms with Crippen molar-refractivity contribution in [2.24, 2.45) is 5.41 Å². The molecule has 2 atom stereocenters. The quantitative estimate of drug-likeness (QED) is 0.762. The van der Waals surface area contributed by atoms with E-state index >= 15 is 0 Å². The van der Waals surface area contributed by atoms with Crippen molar-refractivity contribution in [1.82, 2.24) is 4.90 Å². The standard InChI is InChI=1S/C13H25NOS/c1-3-12-8-15-11(2)7-14(12)9-13(10-16)5-4-6-13/h11-12,16H,3-10H2,1-2H3. The molecule has 2 unspecified atom stereocenters. The van der Waals surface area contributed by atoms with Crippen LogP contribution in [-0.4, -0.2) is 42.5 Å². The molecule has 94 valence electrons. The second-order valence-electron chi connectivity index (χ2n) is 5.65. The Balaban J connectivity index is 1.94. The molecule has 1 saturated carbocycles. The van der Waals surface area contributed by atoms with Crippen molar-refractivity contribution in [3.8, 4) is 0 Å². The Morgan fingerprint density at radius 1 is 1.44 bits per heavy atom. The van der Waals surface area contributed by atoms with E-state index in [1.807, 2.05) is 0 Å². The Hall–Kier alpha value is 0.270. The number of hydrogen-bond donors (Lipinski definition) is 1. The summed E-state index contributed by atoms with van der Waals surface area (Å²) in [6.07, 6.45) is 5.75. The maximum absolute atomic E-state index is 5.75. The zero-order chi connectivity index (χ0) is 11.6. The second-order valence-corrected chi connectivity index (χ2v) is 5.96. The van der Waals surface area contributed by atoms with Crippen LogP contribution in [0.25, 0.3) is 0 Å². The van der Waals surface area contributed by atoms with Crippen molar-refractivity contribution in [3.63, 3.8) is 0 Å². The lowest BCUT2D eigenvalue weighted by atomic mass is 9.69. The summed E-state index contributed by atoms with van der Waals surface area (Å²) < 4.78 is 5.75. The maximum Gasteiger partial charge on any atom is 0.0674 e. The number of morpholine rings is 1. The number of nitrogens with zero attached hydrogens (tertiary/aromatic N) is 1. The number of hydrogen-bond acceptors (Lipinski definition) is 3. The molecule has 0 spiro atoms. The molecule has 0 aromatic rings. The van der Waals surface area contributed by atoms with Crippen LogP contribution in [0, 0.1) is 5.41 Å². The van der Waals surface area contributed by atoms with Crippen molar-refractivity contribution in [2.75, 3.05) is 25.4 Å². The van der Waals surface area contributed by atoms with Gasteiger partial charge in [0.25, 0.3) is 0 Å². The van der Waals surface area contributed by atoms with Crippen LogP contribution < -0.4 is 0 Å². The minimum absolute atomic E-state index is 0.403. The molecule has 0 bridgehead atoms. The van der Waals surface area contributed by atoms with Gasteiger partial charge in [-0.2, -0.15) is 12.6 Å². The molecule has 0 aromatic heterocycles. The van der Waals surface area contributed by atoms with Gasteiger partial charge in [-0.25, -0.2) is 0 Å².